The van der Waals surface area contributed by atoms with Crippen molar-refractivity contribution in [2.24, 2.45) is 11.8 Å². The van der Waals surface area contributed by atoms with Gasteiger partial charge in [0, 0.05) is 12.1 Å². The van der Waals surface area contributed by atoms with E-state index in [2.05, 4.69) is 15.6 Å². The van der Waals surface area contributed by atoms with Crippen LogP contribution in [0.4, 0.5) is 23.2 Å². The van der Waals surface area contributed by atoms with Crippen LogP contribution in [0.2, 0.25) is 0 Å². The molecule has 39 heavy (non-hydrogen) atoms. The normalized spacial score (nSPS) is 18.7. The molecule has 2 amide bonds. The van der Waals surface area contributed by atoms with Crippen molar-refractivity contribution in [2.75, 3.05) is 18.8 Å². The number of halogens is 4. The highest BCUT2D eigenvalue weighted by molar-refractivity contribution is 5.96. The Bertz CT molecular complexity index is 1450. The molecule has 1 aliphatic carbocycles. The number of nitrogen functional groups attached to an aromatic ring is 1. The maximum Gasteiger partial charge on any atom is 0.251 e. The Morgan fingerprint density at radius 2 is 1.72 bits per heavy atom. The van der Waals surface area contributed by atoms with E-state index in [0.717, 1.165) is 25.5 Å². The molecule has 1 saturated carbocycles. The SMILES string of the molecule is N#Cc1ccc(C(=O)NCC(=O)N2CCC(C3CC3)C2Cn2cc(-c3c(F)c(F)c(N)c(F)c3F)nn2)cc1. The summed E-state index contributed by atoms with van der Waals surface area (Å²) in [5.41, 5.74) is 3.09. The number of likely N-dealkylation sites (tertiary alicyclic amines) is 1. The molecule has 0 spiro atoms. The molecular weight excluding hydrogens is 518 g/mol. The van der Waals surface area contributed by atoms with Crippen LogP contribution in [0, 0.1) is 46.4 Å². The fourth-order valence-electron chi connectivity index (χ4n) is 5.12. The number of carbonyl (C=O) groups is 2. The number of hydrogen-bond acceptors (Lipinski definition) is 6. The molecule has 202 valence electrons. The Hall–Kier alpha value is -4.47. The number of nitrogens with one attached hydrogen (secondary N) is 1. The van der Waals surface area contributed by atoms with Crippen LogP contribution in [-0.4, -0.2) is 50.8 Å². The van der Waals surface area contributed by atoms with Gasteiger partial charge in [-0.2, -0.15) is 5.26 Å². The number of benzene rings is 2. The molecule has 2 unspecified atom stereocenters. The van der Waals surface area contributed by atoms with Crippen LogP contribution < -0.4 is 11.1 Å². The minimum absolute atomic E-state index is 0.132. The van der Waals surface area contributed by atoms with Gasteiger partial charge in [-0.1, -0.05) is 5.21 Å². The smallest absolute Gasteiger partial charge is 0.251 e. The van der Waals surface area contributed by atoms with E-state index in [4.69, 9.17) is 11.0 Å². The first-order chi connectivity index (χ1) is 18.7. The summed E-state index contributed by atoms with van der Waals surface area (Å²) in [5, 5.41) is 19.1. The third-order valence-electron chi connectivity index (χ3n) is 7.29. The Morgan fingerprint density at radius 1 is 1.05 bits per heavy atom. The monoisotopic (exact) mass is 541 g/mol. The van der Waals surface area contributed by atoms with Crippen molar-refractivity contribution < 1.29 is 27.2 Å². The molecule has 2 atom stereocenters. The summed E-state index contributed by atoms with van der Waals surface area (Å²) in [6, 6.07) is 7.63. The quantitative estimate of drug-likeness (QED) is 0.269. The summed E-state index contributed by atoms with van der Waals surface area (Å²) in [4.78, 5) is 27.2. The van der Waals surface area contributed by atoms with Gasteiger partial charge < -0.3 is 16.0 Å². The number of nitrogens with zero attached hydrogens (tertiary/aromatic N) is 5. The standard InChI is InChI=1S/C26H23F4N7O2/c27-21-20(22(28)24(30)25(32)23(21)29)17-11-36(35-34-17)12-18-16(14-5-6-14)7-8-37(18)19(38)10-33-26(39)15-3-1-13(9-31)2-4-15/h1-4,11,14,16,18H,5-8,10,12,32H2,(H,33,39). The van der Waals surface area contributed by atoms with Gasteiger partial charge in [0.25, 0.3) is 5.91 Å². The molecule has 5 rings (SSSR count). The average Bonchev–Trinajstić information content (AvgIpc) is 3.55. The van der Waals surface area contributed by atoms with E-state index in [1.807, 2.05) is 6.07 Å². The van der Waals surface area contributed by atoms with E-state index >= 15 is 0 Å². The highest BCUT2D eigenvalue weighted by atomic mass is 19.2. The second-order valence-corrected chi connectivity index (χ2v) is 9.69. The van der Waals surface area contributed by atoms with Crippen molar-refractivity contribution in [3.8, 4) is 17.3 Å². The molecule has 0 bridgehead atoms. The number of aromatic nitrogens is 3. The van der Waals surface area contributed by atoms with Gasteiger partial charge in [0.15, 0.2) is 23.3 Å². The van der Waals surface area contributed by atoms with E-state index in [0.29, 0.717) is 23.6 Å². The van der Waals surface area contributed by atoms with E-state index < -0.39 is 46.1 Å². The summed E-state index contributed by atoms with van der Waals surface area (Å²) < 4.78 is 58.0. The van der Waals surface area contributed by atoms with Gasteiger partial charge in [0.05, 0.1) is 42.5 Å². The van der Waals surface area contributed by atoms with Crippen LogP contribution in [0.3, 0.4) is 0 Å². The Balaban J connectivity index is 1.31. The predicted molar refractivity (Wildman–Crippen MR) is 130 cm³/mol. The second kappa shape index (κ2) is 10.4. The zero-order valence-electron chi connectivity index (χ0n) is 20.5. The number of anilines is 1. The molecule has 13 heteroatoms. The van der Waals surface area contributed by atoms with Crippen LogP contribution in [-0.2, 0) is 11.3 Å². The minimum Gasteiger partial charge on any atom is -0.394 e. The maximum atomic E-state index is 14.4. The van der Waals surface area contributed by atoms with Gasteiger partial charge in [-0.05, 0) is 55.4 Å². The molecule has 0 radical (unpaired) electrons. The van der Waals surface area contributed by atoms with Gasteiger partial charge in [0.1, 0.15) is 11.4 Å². The van der Waals surface area contributed by atoms with Gasteiger partial charge in [0.2, 0.25) is 5.91 Å². The first-order valence-electron chi connectivity index (χ1n) is 12.3. The van der Waals surface area contributed by atoms with Crippen LogP contribution in [0.1, 0.15) is 35.2 Å². The Kier molecular flexibility index (Phi) is 6.94. The lowest BCUT2D eigenvalue weighted by Crippen LogP contribution is -2.46. The highest BCUT2D eigenvalue weighted by Crippen LogP contribution is 2.45. The van der Waals surface area contributed by atoms with Crippen molar-refractivity contribution in [3.05, 3.63) is 64.9 Å². The number of rotatable bonds is 7. The molecule has 3 N–H and O–H groups in total. The third-order valence-corrected chi connectivity index (χ3v) is 7.29. The van der Waals surface area contributed by atoms with Gasteiger partial charge >= 0.3 is 0 Å². The second-order valence-electron chi connectivity index (χ2n) is 9.69. The molecule has 2 heterocycles. The largest absolute Gasteiger partial charge is 0.394 e. The minimum atomic E-state index is -1.72. The molecule has 2 aromatic carbocycles. The molecule has 1 saturated heterocycles. The van der Waals surface area contributed by atoms with Crippen LogP contribution in [0.15, 0.2) is 30.5 Å². The molecule has 2 fully saturated rings. The van der Waals surface area contributed by atoms with Crippen molar-refractivity contribution in [1.82, 2.24) is 25.2 Å². The molecule has 2 aliphatic rings. The van der Waals surface area contributed by atoms with Crippen molar-refractivity contribution in [1.29, 1.82) is 5.26 Å². The number of nitriles is 1. The predicted octanol–water partition coefficient (Wildman–Crippen LogP) is 3.01. The van der Waals surface area contributed by atoms with Crippen LogP contribution in [0.5, 0.6) is 0 Å². The molecular formula is C26H23F4N7O2. The lowest BCUT2D eigenvalue weighted by atomic mass is 9.95. The van der Waals surface area contributed by atoms with E-state index in [-0.39, 0.29) is 31.0 Å². The molecule has 1 aromatic heterocycles. The van der Waals surface area contributed by atoms with Gasteiger partial charge in [-0.25, -0.2) is 22.2 Å². The molecule has 3 aromatic rings. The fourth-order valence-corrected chi connectivity index (χ4v) is 5.12. The zero-order chi connectivity index (χ0) is 27.8. The number of amides is 2. The zero-order valence-corrected chi connectivity index (χ0v) is 20.5. The molecule has 1 aliphatic heterocycles. The summed E-state index contributed by atoms with van der Waals surface area (Å²) >= 11 is 0. The first kappa shape index (κ1) is 26.1. The summed E-state index contributed by atoms with van der Waals surface area (Å²) in [7, 11) is 0. The van der Waals surface area contributed by atoms with Crippen LogP contribution in [0.25, 0.3) is 11.3 Å². The fraction of sp³-hybridized carbons (Fsp3) is 0.346. The summed E-state index contributed by atoms with van der Waals surface area (Å²) in [6.07, 6.45) is 3.93. The number of hydrogen-bond donors (Lipinski definition) is 2. The van der Waals surface area contributed by atoms with E-state index in [1.54, 1.807) is 4.90 Å². The van der Waals surface area contributed by atoms with Crippen molar-refractivity contribution >= 4 is 17.5 Å². The number of nitrogens with two attached hydrogens (primary N) is 1. The average molecular weight is 542 g/mol. The maximum absolute atomic E-state index is 14.4. The molecule has 9 nitrogen and oxygen atoms in total. The van der Waals surface area contributed by atoms with Gasteiger partial charge in [-0.3, -0.25) is 9.59 Å². The van der Waals surface area contributed by atoms with Gasteiger partial charge in [-0.15, -0.1) is 5.10 Å². The highest BCUT2D eigenvalue weighted by Gasteiger charge is 2.45. The summed E-state index contributed by atoms with van der Waals surface area (Å²) in [6.45, 7) is 0.332. The lowest BCUT2D eigenvalue weighted by Gasteiger charge is -2.28. The van der Waals surface area contributed by atoms with Crippen LogP contribution >= 0.6 is 0 Å². The third kappa shape index (κ3) is 5.01. The van der Waals surface area contributed by atoms with Crippen molar-refractivity contribution in [2.45, 2.75) is 31.8 Å². The Labute approximate surface area is 220 Å². The first-order valence-corrected chi connectivity index (χ1v) is 12.3. The van der Waals surface area contributed by atoms with Crippen molar-refractivity contribution in [3.63, 3.8) is 0 Å². The lowest BCUT2D eigenvalue weighted by molar-refractivity contribution is -0.131. The number of carbonyl (C=O) groups excluding carboxylic acids is 2. The van der Waals surface area contributed by atoms with E-state index in [9.17, 15) is 27.2 Å². The summed E-state index contributed by atoms with van der Waals surface area (Å²) in [5.74, 6) is -7.00. The Morgan fingerprint density at radius 3 is 2.33 bits per heavy atom. The topological polar surface area (TPSA) is 130 Å². The van der Waals surface area contributed by atoms with E-state index in [1.165, 1.54) is 28.9 Å².